The molecule has 7 nitrogen and oxygen atoms in total. The summed E-state index contributed by atoms with van der Waals surface area (Å²) in [6.07, 6.45) is 1.84. The highest BCUT2D eigenvalue weighted by Crippen LogP contribution is 2.23. The van der Waals surface area contributed by atoms with Gasteiger partial charge in [0.05, 0.1) is 16.1 Å². The lowest BCUT2D eigenvalue weighted by atomic mass is 10.3. The van der Waals surface area contributed by atoms with Crippen LogP contribution in [0.5, 0.6) is 5.88 Å². The first-order valence-corrected chi connectivity index (χ1v) is 6.85. The van der Waals surface area contributed by atoms with Gasteiger partial charge in [-0.05, 0) is 13.0 Å². The number of rotatable bonds is 4. The molecule has 0 atom stereocenters. The van der Waals surface area contributed by atoms with Crippen molar-refractivity contribution in [1.82, 2.24) is 15.0 Å². The molecule has 0 aliphatic carbocycles. The van der Waals surface area contributed by atoms with E-state index in [1.807, 2.05) is 6.07 Å². The van der Waals surface area contributed by atoms with E-state index in [0.717, 1.165) is 0 Å². The number of aromatic hydroxyl groups is 1. The molecule has 0 unspecified atom stereocenters. The first kappa shape index (κ1) is 15.8. The molecule has 0 aliphatic rings. The average Bonchev–Trinajstić information content (AvgIpc) is 2.49. The Morgan fingerprint density at radius 2 is 2.27 bits per heavy atom. The van der Waals surface area contributed by atoms with Crippen molar-refractivity contribution in [2.75, 3.05) is 18.5 Å². The Labute approximate surface area is 131 Å². The van der Waals surface area contributed by atoms with Gasteiger partial charge in [0.1, 0.15) is 17.7 Å². The fourth-order valence-corrected chi connectivity index (χ4v) is 2.15. The second-order valence-corrected chi connectivity index (χ2v) is 5.18. The summed E-state index contributed by atoms with van der Waals surface area (Å²) in [5.74, 6) is 0.639. The number of anilines is 1. The summed E-state index contributed by atoms with van der Waals surface area (Å²) < 4.78 is 0. The largest absolute Gasteiger partial charge is 0.493 e. The number of likely N-dealkylation sites (N-methyl/N-ethyl adjacent to an activating group) is 1. The topological polar surface area (TPSA) is 106 Å². The van der Waals surface area contributed by atoms with E-state index < -0.39 is 0 Å². The first-order valence-electron chi connectivity index (χ1n) is 6.48. The highest BCUT2D eigenvalue weighted by atomic mass is 35.5. The Hall–Kier alpha value is -2.59. The predicted molar refractivity (Wildman–Crippen MR) is 82.2 cm³/mol. The van der Waals surface area contributed by atoms with Crippen LogP contribution in [-0.2, 0) is 6.42 Å². The van der Waals surface area contributed by atoms with E-state index in [2.05, 4.69) is 15.0 Å². The number of aromatic nitrogens is 3. The molecule has 0 aromatic carbocycles. The monoisotopic (exact) mass is 319 g/mol. The van der Waals surface area contributed by atoms with Crippen LogP contribution < -0.4 is 10.5 Å². The first-order chi connectivity index (χ1) is 10.4. The molecule has 2 N–H and O–H groups in total. The Kier molecular flexibility index (Phi) is 4.63. The molecule has 2 heterocycles. The second kappa shape index (κ2) is 6.45. The minimum absolute atomic E-state index is 0.189. The van der Waals surface area contributed by atoms with Crippen LogP contribution in [-0.4, -0.2) is 33.7 Å². The van der Waals surface area contributed by atoms with E-state index >= 15 is 0 Å². The zero-order chi connectivity index (χ0) is 16.3. The van der Waals surface area contributed by atoms with Gasteiger partial charge in [-0.3, -0.25) is 4.79 Å². The lowest BCUT2D eigenvalue weighted by Crippen LogP contribution is -2.24. The van der Waals surface area contributed by atoms with E-state index in [1.54, 1.807) is 11.9 Å². The molecule has 22 heavy (non-hydrogen) atoms. The Morgan fingerprint density at radius 1 is 1.55 bits per heavy atom. The highest BCUT2D eigenvalue weighted by molar-refractivity contribution is 6.33. The lowest BCUT2D eigenvalue weighted by Gasteiger charge is -2.19. The van der Waals surface area contributed by atoms with Gasteiger partial charge in [-0.2, -0.15) is 5.26 Å². The van der Waals surface area contributed by atoms with Crippen molar-refractivity contribution >= 4 is 17.4 Å². The fourth-order valence-electron chi connectivity index (χ4n) is 1.84. The molecule has 2 rings (SSSR count). The van der Waals surface area contributed by atoms with Crippen molar-refractivity contribution in [3.05, 3.63) is 44.6 Å². The maximum atomic E-state index is 11.6. The van der Waals surface area contributed by atoms with Crippen LogP contribution >= 0.6 is 11.6 Å². The average molecular weight is 320 g/mol. The quantitative estimate of drug-likeness (QED) is 0.882. The lowest BCUT2D eigenvalue weighted by molar-refractivity contribution is 0.442. The van der Waals surface area contributed by atoms with Gasteiger partial charge in [0.2, 0.25) is 5.88 Å². The van der Waals surface area contributed by atoms with Gasteiger partial charge >= 0.3 is 0 Å². The molecular formula is C14H14ClN5O2. The number of nitrogens with zero attached hydrogens (tertiary/aromatic N) is 4. The van der Waals surface area contributed by atoms with Crippen molar-refractivity contribution in [2.24, 2.45) is 0 Å². The zero-order valence-corrected chi connectivity index (χ0v) is 12.8. The van der Waals surface area contributed by atoms with Crippen LogP contribution in [0.1, 0.15) is 17.0 Å². The Bertz CT molecular complexity index is 797. The number of halogens is 1. The Balaban J connectivity index is 2.12. The van der Waals surface area contributed by atoms with Gasteiger partial charge in [-0.15, -0.1) is 0 Å². The molecule has 114 valence electrons. The minimum Gasteiger partial charge on any atom is -0.493 e. The molecule has 0 fully saturated rings. The standard InChI is InChI=1S/C14H14ClN5O2/c1-8-13(21)18-11(19-14(8)22)3-4-20(2)12-10(15)5-9(6-16)7-17-12/h5,7H,3-4H2,1-2H3,(H2,18,19,21,22). The normalized spacial score (nSPS) is 10.3. The van der Waals surface area contributed by atoms with Crippen LogP contribution in [0.4, 0.5) is 5.82 Å². The molecule has 0 aliphatic heterocycles. The Morgan fingerprint density at radius 3 is 2.86 bits per heavy atom. The van der Waals surface area contributed by atoms with E-state index in [9.17, 15) is 9.90 Å². The number of aromatic amines is 1. The number of pyridine rings is 1. The number of nitrogens with one attached hydrogen (secondary N) is 1. The molecule has 0 saturated carbocycles. The third kappa shape index (κ3) is 3.35. The third-order valence-electron chi connectivity index (χ3n) is 3.17. The summed E-state index contributed by atoms with van der Waals surface area (Å²) >= 11 is 6.09. The van der Waals surface area contributed by atoms with E-state index in [1.165, 1.54) is 19.2 Å². The number of nitriles is 1. The second-order valence-electron chi connectivity index (χ2n) is 4.77. The van der Waals surface area contributed by atoms with Crippen molar-refractivity contribution in [1.29, 1.82) is 5.26 Å². The van der Waals surface area contributed by atoms with Crippen LogP contribution in [0.3, 0.4) is 0 Å². The molecule has 0 spiro atoms. The number of hydrogen-bond donors (Lipinski definition) is 2. The van der Waals surface area contributed by atoms with E-state index in [0.29, 0.717) is 35.2 Å². The van der Waals surface area contributed by atoms with E-state index in [4.69, 9.17) is 16.9 Å². The van der Waals surface area contributed by atoms with Crippen molar-refractivity contribution in [2.45, 2.75) is 13.3 Å². The summed E-state index contributed by atoms with van der Waals surface area (Å²) in [7, 11) is 1.78. The van der Waals surface area contributed by atoms with Crippen molar-refractivity contribution in [3.63, 3.8) is 0 Å². The SMILES string of the molecule is Cc1c(O)nc(CCN(C)c2ncc(C#N)cc2Cl)[nH]c1=O. The molecule has 0 saturated heterocycles. The smallest absolute Gasteiger partial charge is 0.257 e. The van der Waals surface area contributed by atoms with E-state index in [-0.39, 0.29) is 17.0 Å². The summed E-state index contributed by atoms with van der Waals surface area (Å²) in [6.45, 7) is 1.97. The van der Waals surface area contributed by atoms with Gasteiger partial charge < -0.3 is 15.0 Å². The maximum Gasteiger partial charge on any atom is 0.257 e. The van der Waals surface area contributed by atoms with Crippen LogP contribution in [0, 0.1) is 18.3 Å². The van der Waals surface area contributed by atoms with Gasteiger partial charge in [0, 0.05) is 26.2 Å². The number of H-pyrrole nitrogens is 1. The van der Waals surface area contributed by atoms with Crippen LogP contribution in [0.15, 0.2) is 17.1 Å². The van der Waals surface area contributed by atoms with Crippen LogP contribution in [0.25, 0.3) is 0 Å². The van der Waals surface area contributed by atoms with Gasteiger partial charge in [0.25, 0.3) is 5.56 Å². The summed E-state index contributed by atoms with van der Waals surface area (Å²) in [6, 6.07) is 3.51. The molecule has 2 aromatic heterocycles. The van der Waals surface area contributed by atoms with Crippen molar-refractivity contribution < 1.29 is 5.11 Å². The predicted octanol–water partition coefficient (Wildman–Crippen LogP) is 1.38. The summed E-state index contributed by atoms with van der Waals surface area (Å²) in [5.41, 5.74) is 0.213. The highest BCUT2D eigenvalue weighted by Gasteiger charge is 2.11. The minimum atomic E-state index is -0.361. The summed E-state index contributed by atoms with van der Waals surface area (Å²) in [5, 5.41) is 18.7. The molecule has 0 bridgehead atoms. The molecule has 8 heteroatoms. The maximum absolute atomic E-state index is 11.6. The van der Waals surface area contributed by atoms with Gasteiger partial charge in [0.15, 0.2) is 0 Å². The fraction of sp³-hybridized carbons (Fsp3) is 0.286. The number of hydrogen-bond acceptors (Lipinski definition) is 6. The van der Waals surface area contributed by atoms with Crippen LogP contribution in [0.2, 0.25) is 5.02 Å². The molecule has 2 aromatic rings. The van der Waals surface area contributed by atoms with Crippen molar-refractivity contribution in [3.8, 4) is 11.9 Å². The molecule has 0 radical (unpaired) electrons. The van der Waals surface area contributed by atoms with Gasteiger partial charge in [-0.25, -0.2) is 9.97 Å². The molecule has 0 amide bonds. The molecular weight excluding hydrogens is 306 g/mol. The third-order valence-corrected chi connectivity index (χ3v) is 3.45. The summed E-state index contributed by atoms with van der Waals surface area (Å²) in [4.78, 5) is 24.0. The van der Waals surface area contributed by atoms with Gasteiger partial charge in [-0.1, -0.05) is 11.6 Å². The zero-order valence-electron chi connectivity index (χ0n) is 12.1.